The van der Waals surface area contributed by atoms with E-state index in [9.17, 15) is 14.9 Å². The van der Waals surface area contributed by atoms with Crippen molar-refractivity contribution in [2.45, 2.75) is 6.92 Å². The zero-order valence-corrected chi connectivity index (χ0v) is 7.98. The number of aryl methyl sites for hydroxylation is 1. The second kappa shape index (κ2) is 3.20. The molecule has 0 amide bonds. The summed E-state index contributed by atoms with van der Waals surface area (Å²) in [5, 5.41) is 10.9. The number of H-pyrrole nitrogens is 1. The van der Waals surface area contributed by atoms with Crippen molar-refractivity contribution in [3.05, 3.63) is 50.3 Å². The third kappa shape index (κ3) is 1.48. The van der Waals surface area contributed by atoms with Gasteiger partial charge in [-0.1, -0.05) is 0 Å². The molecule has 0 aliphatic heterocycles. The monoisotopic (exact) mass is 204 g/mol. The fourth-order valence-electron chi connectivity index (χ4n) is 1.42. The molecule has 0 saturated heterocycles. The number of rotatable bonds is 1. The lowest BCUT2D eigenvalue weighted by molar-refractivity contribution is -0.384. The van der Waals surface area contributed by atoms with E-state index in [0.29, 0.717) is 16.5 Å². The Morgan fingerprint density at radius 3 is 2.80 bits per heavy atom. The molecule has 0 aliphatic rings. The van der Waals surface area contributed by atoms with Gasteiger partial charge in [0.25, 0.3) is 5.69 Å². The number of hydrogen-bond acceptors (Lipinski definition) is 3. The maximum absolute atomic E-state index is 11.7. The van der Waals surface area contributed by atoms with Crippen molar-refractivity contribution in [2.75, 3.05) is 0 Å². The predicted molar refractivity (Wildman–Crippen MR) is 56.0 cm³/mol. The van der Waals surface area contributed by atoms with Gasteiger partial charge in [0.15, 0.2) is 5.43 Å². The van der Waals surface area contributed by atoms with Gasteiger partial charge < -0.3 is 4.98 Å². The van der Waals surface area contributed by atoms with E-state index in [0.717, 1.165) is 0 Å². The van der Waals surface area contributed by atoms with E-state index in [1.54, 1.807) is 13.1 Å². The first kappa shape index (κ1) is 9.39. The fraction of sp³-hybridized carbons (Fsp3) is 0.100. The number of nitrogens with one attached hydrogen (secondary N) is 1. The number of hydrogen-bond donors (Lipinski definition) is 1. The Morgan fingerprint density at radius 1 is 1.40 bits per heavy atom. The van der Waals surface area contributed by atoms with E-state index in [2.05, 4.69) is 4.98 Å². The van der Waals surface area contributed by atoms with Crippen molar-refractivity contribution in [3.8, 4) is 0 Å². The molecule has 0 saturated carbocycles. The molecular weight excluding hydrogens is 196 g/mol. The van der Waals surface area contributed by atoms with Crippen molar-refractivity contribution in [1.29, 1.82) is 0 Å². The van der Waals surface area contributed by atoms with Crippen molar-refractivity contribution in [3.63, 3.8) is 0 Å². The van der Waals surface area contributed by atoms with Crippen molar-refractivity contribution < 1.29 is 4.92 Å². The van der Waals surface area contributed by atoms with Crippen LogP contribution >= 0.6 is 0 Å². The van der Waals surface area contributed by atoms with Crippen LogP contribution < -0.4 is 5.43 Å². The van der Waals surface area contributed by atoms with Crippen LogP contribution in [0.1, 0.15) is 5.56 Å². The number of nitro groups is 1. The number of benzene rings is 1. The average Bonchev–Trinajstić information content (AvgIpc) is 2.23. The minimum absolute atomic E-state index is 0.0707. The van der Waals surface area contributed by atoms with E-state index in [-0.39, 0.29) is 11.1 Å². The summed E-state index contributed by atoms with van der Waals surface area (Å²) in [5.41, 5.74) is 0.908. The molecule has 0 atom stereocenters. The maximum atomic E-state index is 11.7. The summed E-state index contributed by atoms with van der Waals surface area (Å²) in [5.74, 6) is 0. The van der Waals surface area contributed by atoms with Crippen LogP contribution in [0.5, 0.6) is 0 Å². The van der Waals surface area contributed by atoms with Crippen LogP contribution in [-0.2, 0) is 0 Å². The van der Waals surface area contributed by atoms with Gasteiger partial charge in [-0.25, -0.2) is 0 Å². The van der Waals surface area contributed by atoms with Crippen molar-refractivity contribution in [2.24, 2.45) is 0 Å². The highest BCUT2D eigenvalue weighted by Gasteiger charge is 2.08. The number of pyridine rings is 1. The van der Waals surface area contributed by atoms with Crippen LogP contribution in [0.2, 0.25) is 0 Å². The standard InChI is InChI=1S/C10H8N2O3/c1-6-5-11-9-3-2-7(12(14)15)4-8(9)10(6)13/h2-5H,1H3,(H,11,13). The molecule has 0 unspecified atom stereocenters. The zero-order chi connectivity index (χ0) is 11.0. The van der Waals surface area contributed by atoms with E-state index in [1.165, 1.54) is 18.2 Å². The van der Waals surface area contributed by atoms with Gasteiger partial charge in [-0.3, -0.25) is 14.9 Å². The molecule has 2 rings (SSSR count). The topological polar surface area (TPSA) is 76.0 Å². The van der Waals surface area contributed by atoms with E-state index in [1.807, 2.05) is 0 Å². The van der Waals surface area contributed by atoms with Gasteiger partial charge >= 0.3 is 0 Å². The van der Waals surface area contributed by atoms with Crippen LogP contribution in [0.15, 0.2) is 29.2 Å². The Balaban J connectivity index is 2.85. The molecule has 1 aromatic carbocycles. The van der Waals surface area contributed by atoms with Crippen LogP contribution in [0.25, 0.3) is 10.9 Å². The highest BCUT2D eigenvalue weighted by molar-refractivity contribution is 5.81. The minimum Gasteiger partial charge on any atom is -0.361 e. The Bertz CT molecular complexity index is 601. The first-order valence-corrected chi connectivity index (χ1v) is 4.36. The lowest BCUT2D eigenvalue weighted by atomic mass is 10.1. The molecule has 0 fully saturated rings. The Kier molecular flexibility index (Phi) is 2.00. The third-order valence-corrected chi connectivity index (χ3v) is 2.26. The number of aromatic nitrogens is 1. The molecule has 15 heavy (non-hydrogen) atoms. The molecule has 0 aliphatic carbocycles. The van der Waals surface area contributed by atoms with Crippen molar-refractivity contribution >= 4 is 16.6 Å². The molecule has 0 spiro atoms. The predicted octanol–water partition coefficient (Wildman–Crippen LogP) is 1.74. The number of nitro benzene ring substituents is 1. The summed E-state index contributed by atoms with van der Waals surface area (Å²) in [6.07, 6.45) is 1.59. The number of nitrogens with zero attached hydrogens (tertiary/aromatic N) is 1. The summed E-state index contributed by atoms with van der Waals surface area (Å²) in [6, 6.07) is 4.20. The van der Waals surface area contributed by atoms with Gasteiger partial charge in [-0.15, -0.1) is 0 Å². The molecule has 2 aromatic rings. The first-order chi connectivity index (χ1) is 7.09. The molecule has 1 heterocycles. The van der Waals surface area contributed by atoms with Gasteiger partial charge in [0.05, 0.1) is 10.3 Å². The first-order valence-electron chi connectivity index (χ1n) is 4.36. The molecule has 0 radical (unpaired) electrons. The number of non-ortho nitro benzene ring substituents is 1. The molecule has 1 N–H and O–H groups in total. The Morgan fingerprint density at radius 2 is 2.13 bits per heavy atom. The molecule has 1 aromatic heterocycles. The number of aromatic amines is 1. The summed E-state index contributed by atoms with van der Waals surface area (Å²) >= 11 is 0. The molecule has 76 valence electrons. The van der Waals surface area contributed by atoms with Crippen LogP contribution in [0.3, 0.4) is 0 Å². The van der Waals surface area contributed by atoms with Gasteiger partial charge in [0, 0.05) is 29.4 Å². The zero-order valence-electron chi connectivity index (χ0n) is 7.98. The molecule has 0 bridgehead atoms. The summed E-state index contributed by atoms with van der Waals surface area (Å²) in [4.78, 5) is 24.6. The van der Waals surface area contributed by atoms with Gasteiger partial charge in [-0.2, -0.15) is 0 Å². The van der Waals surface area contributed by atoms with E-state index >= 15 is 0 Å². The van der Waals surface area contributed by atoms with Gasteiger partial charge in [0.2, 0.25) is 0 Å². The largest absolute Gasteiger partial charge is 0.361 e. The lowest BCUT2D eigenvalue weighted by Crippen LogP contribution is -2.06. The second-order valence-electron chi connectivity index (χ2n) is 3.29. The minimum atomic E-state index is -0.513. The maximum Gasteiger partial charge on any atom is 0.270 e. The van der Waals surface area contributed by atoms with Crippen molar-refractivity contribution in [1.82, 2.24) is 4.98 Å². The van der Waals surface area contributed by atoms with Gasteiger partial charge in [0.1, 0.15) is 0 Å². The normalized spacial score (nSPS) is 10.5. The van der Waals surface area contributed by atoms with E-state index in [4.69, 9.17) is 0 Å². The van der Waals surface area contributed by atoms with E-state index < -0.39 is 4.92 Å². The molecule has 5 nitrogen and oxygen atoms in total. The number of fused-ring (bicyclic) bond motifs is 1. The average molecular weight is 204 g/mol. The molecule has 5 heteroatoms. The highest BCUT2D eigenvalue weighted by Crippen LogP contribution is 2.16. The SMILES string of the molecule is Cc1c[nH]c2ccc([N+](=O)[O-])cc2c1=O. The third-order valence-electron chi connectivity index (χ3n) is 2.26. The second-order valence-corrected chi connectivity index (χ2v) is 3.29. The Hall–Kier alpha value is -2.17. The lowest BCUT2D eigenvalue weighted by Gasteiger charge is -1.98. The van der Waals surface area contributed by atoms with Gasteiger partial charge in [-0.05, 0) is 13.0 Å². The summed E-state index contributed by atoms with van der Waals surface area (Å²) < 4.78 is 0. The molecular formula is C10H8N2O3. The quantitative estimate of drug-likeness (QED) is 0.567. The summed E-state index contributed by atoms with van der Waals surface area (Å²) in [6.45, 7) is 1.66. The fourth-order valence-corrected chi connectivity index (χ4v) is 1.42. The van der Waals surface area contributed by atoms with Crippen LogP contribution in [-0.4, -0.2) is 9.91 Å². The highest BCUT2D eigenvalue weighted by atomic mass is 16.6. The smallest absolute Gasteiger partial charge is 0.270 e. The van der Waals surface area contributed by atoms with Crippen LogP contribution in [0.4, 0.5) is 5.69 Å². The summed E-state index contributed by atoms with van der Waals surface area (Å²) in [7, 11) is 0. The van der Waals surface area contributed by atoms with Crippen LogP contribution in [0, 0.1) is 17.0 Å². The Labute approximate surface area is 84.5 Å².